The minimum absolute atomic E-state index is 0.0695. The number of aromatic amines is 2. The van der Waals surface area contributed by atoms with Gasteiger partial charge in [0.25, 0.3) is 0 Å². The molecule has 37 heavy (non-hydrogen) atoms. The molecule has 1 amide bonds. The lowest BCUT2D eigenvalue weighted by atomic mass is 10.1. The molecule has 0 spiro atoms. The predicted octanol–water partition coefficient (Wildman–Crippen LogP) is 5.95. The van der Waals surface area contributed by atoms with Crippen molar-refractivity contribution in [1.29, 1.82) is 0 Å². The molecule has 7 rings (SSSR count). The fraction of sp³-hybridized carbons (Fsp3) is 0.179. The predicted molar refractivity (Wildman–Crippen MR) is 140 cm³/mol. The van der Waals surface area contributed by atoms with Crippen molar-refractivity contribution in [2.24, 2.45) is 5.92 Å². The van der Waals surface area contributed by atoms with E-state index in [1.165, 1.54) is 0 Å². The van der Waals surface area contributed by atoms with E-state index in [9.17, 15) is 4.79 Å². The molecule has 9 heteroatoms. The Bertz CT molecular complexity index is 1740. The molecule has 9 nitrogen and oxygen atoms in total. The van der Waals surface area contributed by atoms with E-state index < -0.39 is 0 Å². The van der Waals surface area contributed by atoms with Crippen LogP contribution in [0.3, 0.4) is 0 Å². The number of furan rings is 1. The van der Waals surface area contributed by atoms with Gasteiger partial charge in [0, 0.05) is 40.3 Å². The van der Waals surface area contributed by atoms with Crippen LogP contribution in [0.4, 0.5) is 5.69 Å². The van der Waals surface area contributed by atoms with Crippen LogP contribution >= 0.6 is 0 Å². The number of nitrogens with one attached hydrogen (secondary N) is 3. The van der Waals surface area contributed by atoms with Gasteiger partial charge in [-0.2, -0.15) is 5.10 Å². The monoisotopic (exact) mass is 489 g/mol. The number of H-pyrrole nitrogens is 2. The molecule has 182 valence electrons. The molecule has 0 atom stereocenters. The summed E-state index contributed by atoms with van der Waals surface area (Å²) in [6, 6.07) is 11.7. The third-order valence-electron chi connectivity index (χ3n) is 7.03. The molecule has 1 saturated carbocycles. The molecule has 0 aliphatic heterocycles. The first-order valence-electron chi connectivity index (χ1n) is 12.3. The van der Waals surface area contributed by atoms with Gasteiger partial charge in [-0.25, -0.2) is 4.98 Å². The molecular weight excluding hydrogens is 466 g/mol. The van der Waals surface area contributed by atoms with Crippen molar-refractivity contribution in [3.05, 3.63) is 67.5 Å². The first-order chi connectivity index (χ1) is 18.2. The normalized spacial score (nSPS) is 14.1. The summed E-state index contributed by atoms with van der Waals surface area (Å²) >= 11 is 0. The van der Waals surface area contributed by atoms with Crippen molar-refractivity contribution >= 4 is 33.5 Å². The molecule has 0 radical (unpaired) electrons. The average Bonchev–Trinajstić information content (AvgIpc) is 3.74. The minimum atomic E-state index is 0.0695. The van der Waals surface area contributed by atoms with E-state index in [0.29, 0.717) is 11.4 Å². The third-order valence-corrected chi connectivity index (χ3v) is 7.03. The fourth-order valence-electron chi connectivity index (χ4n) is 5.14. The molecule has 1 aliphatic carbocycles. The fourth-order valence-corrected chi connectivity index (χ4v) is 5.14. The maximum Gasteiger partial charge on any atom is 0.227 e. The molecule has 6 aromatic rings. The van der Waals surface area contributed by atoms with Crippen LogP contribution in [-0.4, -0.2) is 36.0 Å². The summed E-state index contributed by atoms with van der Waals surface area (Å²) in [5, 5.41) is 11.6. The summed E-state index contributed by atoms with van der Waals surface area (Å²) in [6.07, 6.45) is 12.7. The van der Waals surface area contributed by atoms with E-state index in [1.807, 2.05) is 36.4 Å². The van der Waals surface area contributed by atoms with E-state index >= 15 is 0 Å². The minimum Gasteiger partial charge on any atom is -0.472 e. The van der Waals surface area contributed by atoms with Crippen molar-refractivity contribution in [2.45, 2.75) is 25.7 Å². The molecule has 1 aliphatic rings. The highest BCUT2D eigenvalue weighted by atomic mass is 16.3. The number of fused-ring (bicyclic) bond motifs is 2. The number of hydrogen-bond acceptors (Lipinski definition) is 6. The van der Waals surface area contributed by atoms with Crippen LogP contribution in [0.2, 0.25) is 0 Å². The molecule has 0 aromatic carbocycles. The van der Waals surface area contributed by atoms with Crippen molar-refractivity contribution in [1.82, 2.24) is 30.1 Å². The Hall–Kier alpha value is -4.79. The maximum absolute atomic E-state index is 12.6. The van der Waals surface area contributed by atoms with E-state index in [0.717, 1.165) is 75.8 Å². The highest BCUT2D eigenvalue weighted by Gasteiger charge is 2.23. The second kappa shape index (κ2) is 8.70. The zero-order valence-electron chi connectivity index (χ0n) is 19.9. The first-order valence-corrected chi connectivity index (χ1v) is 12.3. The van der Waals surface area contributed by atoms with E-state index in [4.69, 9.17) is 9.40 Å². The Morgan fingerprint density at radius 2 is 1.92 bits per heavy atom. The van der Waals surface area contributed by atoms with Crippen LogP contribution in [0.25, 0.3) is 55.8 Å². The average molecular weight is 490 g/mol. The summed E-state index contributed by atoms with van der Waals surface area (Å²) in [6.45, 7) is 0. The largest absolute Gasteiger partial charge is 0.472 e. The van der Waals surface area contributed by atoms with Gasteiger partial charge in [-0.15, -0.1) is 0 Å². The lowest BCUT2D eigenvalue weighted by Gasteiger charge is -2.11. The van der Waals surface area contributed by atoms with Crippen molar-refractivity contribution in [3.63, 3.8) is 0 Å². The number of rotatable bonds is 5. The Kier molecular flexibility index (Phi) is 5.05. The number of hydrogen-bond donors (Lipinski definition) is 3. The summed E-state index contributed by atoms with van der Waals surface area (Å²) in [5.74, 6) is 0.159. The summed E-state index contributed by atoms with van der Waals surface area (Å²) in [7, 11) is 0. The van der Waals surface area contributed by atoms with Crippen LogP contribution in [0.15, 0.2) is 71.9 Å². The van der Waals surface area contributed by atoms with Gasteiger partial charge in [-0.1, -0.05) is 12.8 Å². The Morgan fingerprint density at radius 3 is 2.78 bits per heavy atom. The van der Waals surface area contributed by atoms with Crippen LogP contribution in [0.1, 0.15) is 25.7 Å². The van der Waals surface area contributed by atoms with Gasteiger partial charge in [0.05, 0.1) is 47.0 Å². The van der Waals surface area contributed by atoms with Crippen LogP contribution < -0.4 is 5.32 Å². The van der Waals surface area contributed by atoms with Crippen LogP contribution in [-0.2, 0) is 4.79 Å². The molecule has 3 N–H and O–H groups in total. The van der Waals surface area contributed by atoms with Gasteiger partial charge in [0.2, 0.25) is 5.91 Å². The number of aromatic nitrogens is 6. The maximum atomic E-state index is 12.6. The standard InChI is InChI=1S/C28H23N7O2/c36-28(16-3-1-2-4-16)31-19-11-18(13-29-14-19)21-5-6-23-26(33-21)27(35-34-23)24-12-20-22(32-24)7-9-30-25(20)17-8-10-37-15-17/h5-16,32H,1-4H2,(H,31,36)(H,34,35). The summed E-state index contributed by atoms with van der Waals surface area (Å²) in [4.78, 5) is 29.9. The smallest absolute Gasteiger partial charge is 0.227 e. The number of carbonyl (C=O) groups excluding carboxylic acids is 1. The number of pyridine rings is 3. The van der Waals surface area contributed by atoms with E-state index in [-0.39, 0.29) is 11.8 Å². The molecule has 1 fully saturated rings. The van der Waals surface area contributed by atoms with E-state index in [2.05, 4.69) is 30.5 Å². The van der Waals surface area contributed by atoms with Crippen molar-refractivity contribution < 1.29 is 9.21 Å². The lowest BCUT2D eigenvalue weighted by molar-refractivity contribution is -0.119. The third kappa shape index (κ3) is 3.85. The number of anilines is 1. The highest BCUT2D eigenvalue weighted by Crippen LogP contribution is 2.33. The molecule has 0 saturated heterocycles. The van der Waals surface area contributed by atoms with Gasteiger partial charge >= 0.3 is 0 Å². The second-order valence-electron chi connectivity index (χ2n) is 9.41. The lowest BCUT2D eigenvalue weighted by Crippen LogP contribution is -2.20. The van der Waals surface area contributed by atoms with Gasteiger partial charge in [0.1, 0.15) is 11.2 Å². The van der Waals surface area contributed by atoms with Gasteiger partial charge in [-0.3, -0.25) is 19.9 Å². The second-order valence-corrected chi connectivity index (χ2v) is 9.41. The molecule has 6 aromatic heterocycles. The quantitative estimate of drug-likeness (QED) is 0.275. The number of nitrogens with zero attached hydrogens (tertiary/aromatic N) is 4. The van der Waals surface area contributed by atoms with E-state index in [1.54, 1.807) is 31.1 Å². The van der Waals surface area contributed by atoms with Crippen molar-refractivity contribution in [3.8, 4) is 33.9 Å². The van der Waals surface area contributed by atoms with Crippen LogP contribution in [0, 0.1) is 5.92 Å². The Balaban J connectivity index is 1.25. The van der Waals surface area contributed by atoms with Crippen molar-refractivity contribution in [2.75, 3.05) is 5.32 Å². The highest BCUT2D eigenvalue weighted by molar-refractivity contribution is 5.99. The number of carbonyl (C=O) groups is 1. The molecule has 6 heterocycles. The first kappa shape index (κ1) is 21.5. The zero-order chi connectivity index (χ0) is 24.8. The SMILES string of the molecule is O=C(Nc1cncc(-c2ccc3[nH]nc(-c4cc5c(-c6ccoc6)nccc5[nH]4)c3n2)c1)C1CCCC1. The van der Waals surface area contributed by atoms with Gasteiger partial charge in [-0.05, 0) is 49.2 Å². The number of amides is 1. The topological polar surface area (TPSA) is 125 Å². The van der Waals surface area contributed by atoms with Gasteiger partial charge in [0.15, 0.2) is 0 Å². The zero-order valence-corrected chi connectivity index (χ0v) is 19.9. The molecular formula is C28H23N7O2. The summed E-state index contributed by atoms with van der Waals surface area (Å²) in [5.41, 5.74) is 8.05. The van der Waals surface area contributed by atoms with Crippen LogP contribution in [0.5, 0.6) is 0 Å². The molecule has 0 bridgehead atoms. The Labute approximate surface area is 211 Å². The summed E-state index contributed by atoms with van der Waals surface area (Å²) < 4.78 is 5.26. The molecule has 0 unspecified atom stereocenters. The van der Waals surface area contributed by atoms with Gasteiger partial charge < -0.3 is 14.7 Å². The Morgan fingerprint density at radius 1 is 1.00 bits per heavy atom.